The molecule has 1 fully saturated rings. The third-order valence-electron chi connectivity index (χ3n) is 3.81. The number of ketones is 1. The van der Waals surface area contributed by atoms with Crippen LogP contribution in [0.25, 0.3) is 0 Å². The molecule has 2 rings (SSSR count). The molecule has 1 saturated carbocycles. The van der Waals surface area contributed by atoms with Gasteiger partial charge in [0.05, 0.1) is 0 Å². The molecule has 0 aliphatic heterocycles. The number of hydrogen-bond donors (Lipinski definition) is 1. The van der Waals surface area contributed by atoms with Gasteiger partial charge in [-0.25, -0.2) is 0 Å². The van der Waals surface area contributed by atoms with Gasteiger partial charge in [-0.15, -0.1) is 0 Å². The maximum absolute atomic E-state index is 12.6. The van der Waals surface area contributed by atoms with E-state index < -0.39 is 0 Å². The number of anilines is 1. The molecule has 2 N–H and O–H groups in total. The summed E-state index contributed by atoms with van der Waals surface area (Å²) in [5, 5.41) is 0. The number of carbonyl (C=O) groups excluding carboxylic acids is 1. The van der Waals surface area contributed by atoms with Gasteiger partial charge in [-0.2, -0.15) is 0 Å². The fourth-order valence-corrected chi connectivity index (χ4v) is 3.55. The molecule has 1 aliphatic carbocycles. The largest absolute Gasteiger partial charge is 0.399 e. The van der Waals surface area contributed by atoms with Gasteiger partial charge in [-0.05, 0) is 49.3 Å². The summed E-state index contributed by atoms with van der Waals surface area (Å²) in [5.41, 5.74) is 7.17. The molecule has 0 heterocycles. The van der Waals surface area contributed by atoms with Gasteiger partial charge in [0.15, 0.2) is 5.78 Å². The average molecular weight is 310 g/mol. The molecular weight excluding hydrogens is 290 g/mol. The second-order valence-corrected chi connectivity index (χ2v) is 6.57. The molecule has 0 spiro atoms. The van der Waals surface area contributed by atoms with Crippen molar-refractivity contribution in [3.8, 4) is 0 Å². The summed E-state index contributed by atoms with van der Waals surface area (Å²) in [5.74, 6) is 1.68. The van der Waals surface area contributed by atoms with Crippen molar-refractivity contribution >= 4 is 27.4 Å². The normalized spacial score (nSPS) is 28.1. The van der Waals surface area contributed by atoms with Crippen LogP contribution in [0.4, 0.5) is 5.69 Å². The molecule has 0 saturated heterocycles. The van der Waals surface area contributed by atoms with Crippen molar-refractivity contribution in [2.24, 2.45) is 17.8 Å². The zero-order chi connectivity index (χ0) is 13.3. The fourth-order valence-electron chi connectivity index (χ4n) is 3.11. The first kappa shape index (κ1) is 13.6. The molecule has 0 amide bonds. The zero-order valence-electron chi connectivity index (χ0n) is 10.9. The molecule has 1 aliphatic rings. The van der Waals surface area contributed by atoms with E-state index in [0.29, 0.717) is 17.5 Å². The van der Waals surface area contributed by atoms with E-state index in [2.05, 4.69) is 29.8 Å². The van der Waals surface area contributed by atoms with E-state index in [9.17, 15) is 4.79 Å². The Morgan fingerprint density at radius 2 is 1.83 bits per heavy atom. The SMILES string of the molecule is CC1CC(C)CC(C(=O)c2cc(N)ccc2Br)C1. The van der Waals surface area contributed by atoms with Gasteiger partial charge >= 0.3 is 0 Å². The van der Waals surface area contributed by atoms with Crippen molar-refractivity contribution in [2.75, 3.05) is 5.73 Å². The Morgan fingerprint density at radius 1 is 1.22 bits per heavy atom. The zero-order valence-corrected chi connectivity index (χ0v) is 12.5. The highest BCUT2D eigenvalue weighted by atomic mass is 79.9. The number of Topliss-reactive ketones (excluding diaryl/α,β-unsaturated/α-hetero) is 1. The topological polar surface area (TPSA) is 43.1 Å². The number of hydrogen-bond acceptors (Lipinski definition) is 2. The van der Waals surface area contributed by atoms with Gasteiger partial charge in [0.2, 0.25) is 0 Å². The molecule has 18 heavy (non-hydrogen) atoms. The van der Waals surface area contributed by atoms with E-state index in [1.807, 2.05) is 12.1 Å². The van der Waals surface area contributed by atoms with Crippen LogP contribution < -0.4 is 5.73 Å². The van der Waals surface area contributed by atoms with Crippen LogP contribution in [-0.4, -0.2) is 5.78 Å². The van der Waals surface area contributed by atoms with Gasteiger partial charge in [0, 0.05) is 21.6 Å². The first-order chi connectivity index (χ1) is 8.47. The summed E-state index contributed by atoms with van der Waals surface area (Å²) in [6, 6.07) is 5.46. The monoisotopic (exact) mass is 309 g/mol. The van der Waals surface area contributed by atoms with Crippen molar-refractivity contribution in [2.45, 2.75) is 33.1 Å². The lowest BCUT2D eigenvalue weighted by Gasteiger charge is -2.30. The highest BCUT2D eigenvalue weighted by molar-refractivity contribution is 9.10. The summed E-state index contributed by atoms with van der Waals surface area (Å²) in [6.07, 6.45) is 3.25. The van der Waals surface area contributed by atoms with Crippen LogP contribution in [0.3, 0.4) is 0 Å². The van der Waals surface area contributed by atoms with Gasteiger partial charge in [0.25, 0.3) is 0 Å². The number of rotatable bonds is 2. The van der Waals surface area contributed by atoms with Crippen LogP contribution in [0, 0.1) is 17.8 Å². The molecular formula is C15H20BrNO. The Hall–Kier alpha value is -0.830. The molecule has 0 radical (unpaired) electrons. The smallest absolute Gasteiger partial charge is 0.167 e. The minimum Gasteiger partial charge on any atom is -0.399 e. The first-order valence-electron chi connectivity index (χ1n) is 6.56. The van der Waals surface area contributed by atoms with Crippen LogP contribution in [0.5, 0.6) is 0 Å². The lowest BCUT2D eigenvalue weighted by atomic mass is 9.74. The van der Waals surface area contributed by atoms with E-state index in [0.717, 1.165) is 22.9 Å². The summed E-state index contributed by atoms with van der Waals surface area (Å²) in [6.45, 7) is 4.48. The number of benzene rings is 1. The van der Waals surface area contributed by atoms with Gasteiger partial charge in [-0.3, -0.25) is 4.79 Å². The molecule has 0 aromatic heterocycles. The van der Waals surface area contributed by atoms with Gasteiger partial charge < -0.3 is 5.73 Å². The maximum Gasteiger partial charge on any atom is 0.167 e. The molecule has 3 heteroatoms. The van der Waals surface area contributed by atoms with E-state index in [1.54, 1.807) is 6.07 Å². The molecule has 0 bridgehead atoms. The van der Waals surface area contributed by atoms with Crippen molar-refractivity contribution < 1.29 is 4.79 Å². The van der Waals surface area contributed by atoms with Crippen molar-refractivity contribution in [1.29, 1.82) is 0 Å². The Balaban J connectivity index is 2.22. The maximum atomic E-state index is 12.6. The van der Waals surface area contributed by atoms with Gasteiger partial charge in [-0.1, -0.05) is 29.8 Å². The van der Waals surface area contributed by atoms with E-state index in [1.165, 1.54) is 6.42 Å². The molecule has 1 aromatic carbocycles. The van der Waals surface area contributed by atoms with Gasteiger partial charge in [0.1, 0.15) is 0 Å². The predicted molar refractivity (Wildman–Crippen MR) is 78.6 cm³/mol. The summed E-state index contributed by atoms with van der Waals surface area (Å²) < 4.78 is 0.854. The lowest BCUT2D eigenvalue weighted by molar-refractivity contribution is 0.0835. The Morgan fingerprint density at radius 3 is 2.44 bits per heavy atom. The van der Waals surface area contributed by atoms with E-state index in [-0.39, 0.29) is 11.7 Å². The van der Waals surface area contributed by atoms with E-state index in [4.69, 9.17) is 5.73 Å². The average Bonchev–Trinajstić information content (AvgIpc) is 2.30. The third-order valence-corrected chi connectivity index (χ3v) is 4.50. The Bertz CT molecular complexity index is 448. The molecule has 98 valence electrons. The Labute approximate surface area is 117 Å². The van der Waals surface area contributed by atoms with Crippen molar-refractivity contribution in [1.82, 2.24) is 0 Å². The first-order valence-corrected chi connectivity index (χ1v) is 7.36. The Kier molecular flexibility index (Phi) is 4.10. The predicted octanol–water partition coefficient (Wildman–Crippen LogP) is 4.29. The van der Waals surface area contributed by atoms with Crippen molar-refractivity contribution in [3.05, 3.63) is 28.2 Å². The third kappa shape index (κ3) is 2.94. The number of nitrogen functional groups attached to an aromatic ring is 1. The second kappa shape index (κ2) is 5.43. The van der Waals surface area contributed by atoms with Crippen LogP contribution in [0.1, 0.15) is 43.5 Å². The fraction of sp³-hybridized carbons (Fsp3) is 0.533. The number of halogens is 1. The molecule has 2 atom stereocenters. The standard InChI is InChI=1S/C15H20BrNO/c1-9-5-10(2)7-11(6-9)15(18)13-8-12(17)3-4-14(13)16/h3-4,8-11H,5-7,17H2,1-2H3. The second-order valence-electron chi connectivity index (χ2n) is 5.72. The number of carbonyl (C=O) groups is 1. The quantitative estimate of drug-likeness (QED) is 0.654. The summed E-state index contributed by atoms with van der Waals surface area (Å²) in [4.78, 5) is 12.6. The highest BCUT2D eigenvalue weighted by Crippen LogP contribution is 2.36. The molecule has 1 aromatic rings. The number of nitrogens with two attached hydrogens (primary N) is 1. The van der Waals surface area contributed by atoms with Crippen LogP contribution in [0.2, 0.25) is 0 Å². The minimum atomic E-state index is 0.154. The molecule has 2 unspecified atom stereocenters. The summed E-state index contributed by atoms with van der Waals surface area (Å²) in [7, 11) is 0. The lowest BCUT2D eigenvalue weighted by Crippen LogP contribution is -2.26. The van der Waals surface area contributed by atoms with Crippen LogP contribution >= 0.6 is 15.9 Å². The van der Waals surface area contributed by atoms with Crippen molar-refractivity contribution in [3.63, 3.8) is 0 Å². The van der Waals surface area contributed by atoms with E-state index >= 15 is 0 Å². The van der Waals surface area contributed by atoms with Crippen LogP contribution in [-0.2, 0) is 0 Å². The highest BCUT2D eigenvalue weighted by Gasteiger charge is 2.30. The molecule has 2 nitrogen and oxygen atoms in total. The minimum absolute atomic E-state index is 0.154. The van der Waals surface area contributed by atoms with Crippen LogP contribution in [0.15, 0.2) is 22.7 Å². The summed E-state index contributed by atoms with van der Waals surface area (Å²) >= 11 is 3.45.